The van der Waals surface area contributed by atoms with E-state index in [0.29, 0.717) is 0 Å². The van der Waals surface area contributed by atoms with Crippen LogP contribution in [0.2, 0.25) is 0 Å². The molecule has 1 rings (SSSR count). The summed E-state index contributed by atoms with van der Waals surface area (Å²) in [6.07, 6.45) is -5.98. The van der Waals surface area contributed by atoms with Gasteiger partial charge in [-0.3, -0.25) is 4.55 Å². The van der Waals surface area contributed by atoms with Gasteiger partial charge in [0.25, 0.3) is 10.1 Å². The second-order valence-electron chi connectivity index (χ2n) is 6.68. The van der Waals surface area contributed by atoms with Crippen molar-refractivity contribution in [3.63, 3.8) is 0 Å². The highest BCUT2D eigenvalue weighted by molar-refractivity contribution is 7.85. The average Bonchev–Trinajstić information content (AvgIpc) is 2.49. The predicted molar refractivity (Wildman–Crippen MR) is 90.7 cm³/mol. The highest BCUT2D eigenvalue weighted by Crippen LogP contribution is 2.36. The first-order valence-electron chi connectivity index (χ1n) is 7.84. The summed E-state index contributed by atoms with van der Waals surface area (Å²) in [4.78, 5) is 12.0. The number of rotatable bonds is 8. The van der Waals surface area contributed by atoms with E-state index in [2.05, 4.69) is 9.47 Å². The lowest BCUT2D eigenvalue weighted by atomic mass is 9.96. The second kappa shape index (κ2) is 8.97. The minimum Gasteiger partial charge on any atom is -0.461 e. The molecule has 0 aliphatic carbocycles. The van der Waals surface area contributed by atoms with Crippen molar-refractivity contribution >= 4 is 16.1 Å². The van der Waals surface area contributed by atoms with Crippen LogP contribution in [0.3, 0.4) is 0 Å². The maximum atomic E-state index is 12.6. The van der Waals surface area contributed by atoms with Gasteiger partial charge in [-0.1, -0.05) is 20.8 Å². The fourth-order valence-electron chi connectivity index (χ4n) is 1.95. The second-order valence-corrected chi connectivity index (χ2v) is 8.25. The Kier molecular flexibility index (Phi) is 7.68. The molecule has 0 heterocycles. The summed E-state index contributed by atoms with van der Waals surface area (Å²) in [5.41, 5.74) is -0.848. The molecule has 1 aromatic rings. The number of methoxy groups -OCH3 is 1. The van der Waals surface area contributed by atoms with Gasteiger partial charge in [0.05, 0.1) is 5.56 Å². The third kappa shape index (κ3) is 8.31. The lowest BCUT2D eigenvalue weighted by Gasteiger charge is -2.30. The van der Waals surface area contributed by atoms with Crippen LogP contribution in [0.1, 0.15) is 31.1 Å². The van der Waals surface area contributed by atoms with Crippen molar-refractivity contribution in [2.75, 3.05) is 19.5 Å². The van der Waals surface area contributed by atoms with E-state index in [-0.39, 0.29) is 5.56 Å². The predicted octanol–water partition coefficient (Wildman–Crippen LogP) is 3.03. The van der Waals surface area contributed by atoms with Crippen molar-refractivity contribution in [2.45, 2.75) is 33.4 Å². The zero-order chi connectivity index (χ0) is 21.8. The summed E-state index contributed by atoms with van der Waals surface area (Å²) >= 11 is 0. The van der Waals surface area contributed by atoms with E-state index in [0.717, 1.165) is 18.2 Å². The molecule has 1 aromatic carbocycles. The maximum Gasteiger partial charge on any atom is 0.573 e. The van der Waals surface area contributed by atoms with Gasteiger partial charge in [0.1, 0.15) is 12.4 Å². The van der Waals surface area contributed by atoms with Gasteiger partial charge in [-0.05, 0) is 18.2 Å². The van der Waals surface area contributed by atoms with Crippen LogP contribution in [0.25, 0.3) is 0 Å². The van der Waals surface area contributed by atoms with Gasteiger partial charge in [-0.25, -0.2) is 4.79 Å². The van der Waals surface area contributed by atoms with Gasteiger partial charge < -0.3 is 18.9 Å². The summed E-state index contributed by atoms with van der Waals surface area (Å²) < 4.78 is 87.0. The Labute approximate surface area is 160 Å². The number of ether oxygens (including phenoxy) is 4. The van der Waals surface area contributed by atoms with Gasteiger partial charge in [0.15, 0.2) is 11.5 Å². The normalized spacial score (nSPS) is 13.7. The van der Waals surface area contributed by atoms with Crippen molar-refractivity contribution in [1.82, 2.24) is 0 Å². The molecule has 0 spiro atoms. The van der Waals surface area contributed by atoms with Crippen molar-refractivity contribution in [3.05, 3.63) is 23.8 Å². The van der Waals surface area contributed by atoms with Crippen molar-refractivity contribution in [3.8, 4) is 11.5 Å². The van der Waals surface area contributed by atoms with Crippen LogP contribution in [0, 0.1) is 5.41 Å². The summed E-state index contributed by atoms with van der Waals surface area (Å²) in [6.45, 7) is 4.52. The lowest BCUT2D eigenvalue weighted by Crippen LogP contribution is -2.34. The van der Waals surface area contributed by atoms with Crippen LogP contribution in [0.4, 0.5) is 13.2 Å². The Morgan fingerprint density at radius 3 is 2.25 bits per heavy atom. The quantitative estimate of drug-likeness (QED) is 0.381. The number of alkyl halides is 3. The van der Waals surface area contributed by atoms with Gasteiger partial charge in [-0.2, -0.15) is 8.42 Å². The van der Waals surface area contributed by atoms with Crippen molar-refractivity contribution in [2.24, 2.45) is 5.41 Å². The zero-order valence-corrected chi connectivity index (χ0v) is 16.4. The number of carbonyl (C=O) groups is 1. The average molecular weight is 430 g/mol. The number of benzene rings is 1. The van der Waals surface area contributed by atoms with E-state index >= 15 is 0 Å². The highest BCUT2D eigenvalue weighted by atomic mass is 32.2. The Morgan fingerprint density at radius 1 is 1.18 bits per heavy atom. The van der Waals surface area contributed by atoms with Gasteiger partial charge >= 0.3 is 12.3 Å². The third-order valence-electron chi connectivity index (χ3n) is 3.13. The van der Waals surface area contributed by atoms with E-state index in [4.69, 9.17) is 14.0 Å². The third-order valence-corrected chi connectivity index (χ3v) is 3.82. The smallest absolute Gasteiger partial charge is 0.461 e. The van der Waals surface area contributed by atoms with Gasteiger partial charge in [0.2, 0.25) is 6.29 Å². The Balaban J connectivity index is 3.13. The van der Waals surface area contributed by atoms with E-state index in [1.807, 2.05) is 0 Å². The molecule has 0 radical (unpaired) electrons. The lowest BCUT2D eigenvalue weighted by molar-refractivity contribution is -0.275. The molecule has 12 heteroatoms. The minimum atomic E-state index is -5.00. The molecule has 0 aliphatic rings. The molecule has 0 aromatic heterocycles. The number of esters is 1. The molecule has 1 unspecified atom stereocenters. The van der Waals surface area contributed by atoms with Crippen LogP contribution in [-0.2, 0) is 19.6 Å². The summed E-state index contributed by atoms with van der Waals surface area (Å²) in [5.74, 6) is -2.99. The number of hydrogen-bond acceptors (Lipinski definition) is 7. The van der Waals surface area contributed by atoms with E-state index in [1.165, 1.54) is 7.11 Å². The minimum absolute atomic E-state index is 0.219. The molecule has 0 amide bonds. The maximum absolute atomic E-state index is 12.6. The SMILES string of the molecule is COC(Oc1cc(C(=O)OCCS(=O)(=O)O)ccc1OC(F)(F)F)C(C)(C)C. The van der Waals surface area contributed by atoms with Gasteiger partial charge in [-0.15, -0.1) is 13.2 Å². The molecule has 0 bridgehead atoms. The molecule has 28 heavy (non-hydrogen) atoms. The molecule has 0 aliphatic heterocycles. The van der Waals surface area contributed by atoms with Crippen molar-refractivity contribution < 1.29 is 49.9 Å². The Morgan fingerprint density at radius 2 is 1.79 bits per heavy atom. The fourth-order valence-corrected chi connectivity index (χ4v) is 2.25. The molecule has 0 saturated carbocycles. The number of hydrogen-bond donors (Lipinski definition) is 1. The van der Waals surface area contributed by atoms with Crippen LogP contribution >= 0.6 is 0 Å². The topological polar surface area (TPSA) is 108 Å². The fraction of sp³-hybridized carbons (Fsp3) is 0.562. The molecule has 0 saturated heterocycles. The monoisotopic (exact) mass is 430 g/mol. The molecule has 1 atom stereocenters. The first-order chi connectivity index (χ1) is 12.6. The first-order valence-corrected chi connectivity index (χ1v) is 9.45. The number of carbonyl (C=O) groups excluding carboxylic acids is 1. The summed E-state index contributed by atoms with van der Waals surface area (Å²) in [7, 11) is -3.04. The molecule has 0 fully saturated rings. The molecule has 8 nitrogen and oxygen atoms in total. The van der Waals surface area contributed by atoms with E-state index < -0.39 is 58.0 Å². The van der Waals surface area contributed by atoms with Crippen LogP contribution in [0.5, 0.6) is 11.5 Å². The Hall–Kier alpha value is -2.05. The largest absolute Gasteiger partial charge is 0.573 e. The highest BCUT2D eigenvalue weighted by Gasteiger charge is 2.34. The zero-order valence-electron chi connectivity index (χ0n) is 15.6. The first kappa shape index (κ1) is 24.0. The standard InChI is InChI=1S/C16H21F3O8S/c1-15(2,3)14(24-4)26-12-9-10(5-6-11(12)27-16(17,18)19)13(20)25-7-8-28(21,22)23/h5-6,9,14H,7-8H2,1-4H3,(H,21,22,23). The van der Waals surface area contributed by atoms with E-state index in [9.17, 15) is 26.4 Å². The summed E-state index contributed by atoms with van der Waals surface area (Å²) in [6, 6.07) is 2.80. The van der Waals surface area contributed by atoms with Gasteiger partial charge in [0, 0.05) is 12.5 Å². The molecule has 160 valence electrons. The molecular formula is C16H21F3O8S. The number of halogens is 3. The molecular weight excluding hydrogens is 409 g/mol. The summed E-state index contributed by atoms with van der Waals surface area (Å²) in [5, 5.41) is 0. The van der Waals surface area contributed by atoms with Crippen LogP contribution in [-0.4, -0.2) is 51.1 Å². The molecule has 1 N–H and O–H groups in total. The van der Waals surface area contributed by atoms with Crippen LogP contribution in [0.15, 0.2) is 18.2 Å². The van der Waals surface area contributed by atoms with E-state index in [1.54, 1.807) is 20.8 Å². The van der Waals surface area contributed by atoms with Crippen LogP contribution < -0.4 is 9.47 Å². The van der Waals surface area contributed by atoms with Crippen molar-refractivity contribution in [1.29, 1.82) is 0 Å². The Bertz CT molecular complexity index is 784.